The summed E-state index contributed by atoms with van der Waals surface area (Å²) in [5, 5.41) is 9.50. The van der Waals surface area contributed by atoms with Crippen LogP contribution in [0.15, 0.2) is 0 Å². The van der Waals surface area contributed by atoms with Gasteiger partial charge in [-0.05, 0) is 31.6 Å². The maximum atomic E-state index is 12.9. The highest BCUT2D eigenvalue weighted by Crippen LogP contribution is 2.41. The highest BCUT2D eigenvalue weighted by atomic mass is 16.4. The molecule has 0 aromatic rings. The van der Waals surface area contributed by atoms with Crippen molar-refractivity contribution in [2.75, 3.05) is 13.6 Å². The molecule has 3 rings (SSSR count). The lowest BCUT2D eigenvalue weighted by Gasteiger charge is -2.37. The standard InChI is InChI=1S/C16H24N2O4/c1-17-7-6-11(9-14(17)19)15(20)18-12-5-3-2-4-10(12)8-13(18)16(21)22/h10-13H,2-9H2,1H3,(H,21,22)/t10-,11-,12-,13-/m0/s1. The Kier molecular flexibility index (Phi) is 4.10. The molecule has 2 saturated heterocycles. The monoisotopic (exact) mass is 308 g/mol. The van der Waals surface area contributed by atoms with Crippen molar-refractivity contribution in [2.45, 2.75) is 57.0 Å². The molecule has 3 aliphatic rings. The number of fused-ring (bicyclic) bond motifs is 1. The number of nitrogens with zero attached hydrogens (tertiary/aromatic N) is 2. The van der Waals surface area contributed by atoms with E-state index in [1.54, 1.807) is 16.8 Å². The molecule has 2 aliphatic heterocycles. The number of likely N-dealkylation sites (tertiary alicyclic amines) is 2. The van der Waals surface area contributed by atoms with Crippen molar-refractivity contribution in [2.24, 2.45) is 11.8 Å². The Bertz CT molecular complexity index is 493. The van der Waals surface area contributed by atoms with Gasteiger partial charge in [0.15, 0.2) is 0 Å². The molecular formula is C16H24N2O4. The van der Waals surface area contributed by atoms with Crippen LogP contribution < -0.4 is 0 Å². The Hall–Kier alpha value is -1.59. The van der Waals surface area contributed by atoms with E-state index in [9.17, 15) is 19.5 Å². The van der Waals surface area contributed by atoms with E-state index in [4.69, 9.17) is 0 Å². The zero-order chi connectivity index (χ0) is 15.9. The molecule has 0 spiro atoms. The van der Waals surface area contributed by atoms with E-state index >= 15 is 0 Å². The largest absolute Gasteiger partial charge is 0.480 e. The van der Waals surface area contributed by atoms with Gasteiger partial charge in [-0.3, -0.25) is 9.59 Å². The van der Waals surface area contributed by atoms with Gasteiger partial charge in [-0.2, -0.15) is 0 Å². The van der Waals surface area contributed by atoms with Gasteiger partial charge in [0.05, 0.1) is 0 Å². The maximum Gasteiger partial charge on any atom is 0.326 e. The number of carboxylic acids is 1. The molecule has 0 aromatic heterocycles. The fourth-order valence-corrected chi connectivity index (χ4v) is 4.36. The second-order valence-electron chi connectivity index (χ2n) is 6.95. The highest BCUT2D eigenvalue weighted by Gasteiger charge is 2.49. The van der Waals surface area contributed by atoms with E-state index < -0.39 is 12.0 Å². The third kappa shape index (κ3) is 2.59. The van der Waals surface area contributed by atoms with Crippen molar-refractivity contribution >= 4 is 17.8 Å². The molecule has 3 fully saturated rings. The third-order valence-corrected chi connectivity index (χ3v) is 5.64. The molecule has 2 heterocycles. The summed E-state index contributed by atoms with van der Waals surface area (Å²) in [6, 6.07) is -0.632. The fraction of sp³-hybridized carbons (Fsp3) is 0.812. The maximum absolute atomic E-state index is 12.9. The second kappa shape index (κ2) is 5.89. The van der Waals surface area contributed by atoms with Crippen LogP contribution in [0.4, 0.5) is 0 Å². The average Bonchev–Trinajstić information content (AvgIpc) is 2.89. The number of hydrogen-bond donors (Lipinski definition) is 1. The van der Waals surface area contributed by atoms with Gasteiger partial charge in [-0.15, -0.1) is 0 Å². The summed E-state index contributed by atoms with van der Waals surface area (Å²) in [6.45, 7) is 0.578. The van der Waals surface area contributed by atoms with E-state index in [0.29, 0.717) is 25.3 Å². The summed E-state index contributed by atoms with van der Waals surface area (Å²) in [6.07, 6.45) is 5.54. The molecule has 0 aromatic carbocycles. The second-order valence-corrected chi connectivity index (χ2v) is 6.95. The molecule has 6 nitrogen and oxygen atoms in total. The van der Waals surface area contributed by atoms with Crippen LogP contribution in [0.25, 0.3) is 0 Å². The SMILES string of the molecule is CN1CC[C@H](C(=O)N2[C@H](C(=O)O)C[C@@H]3CCCC[C@@H]32)CC1=O. The smallest absolute Gasteiger partial charge is 0.326 e. The number of rotatable bonds is 2. The molecule has 1 N–H and O–H groups in total. The summed E-state index contributed by atoms with van der Waals surface area (Å²) in [5.74, 6) is -1.05. The van der Waals surface area contributed by atoms with Crippen molar-refractivity contribution in [3.05, 3.63) is 0 Å². The van der Waals surface area contributed by atoms with Crippen LogP contribution >= 0.6 is 0 Å². The van der Waals surface area contributed by atoms with E-state index in [2.05, 4.69) is 0 Å². The van der Waals surface area contributed by atoms with Crippen LogP contribution in [-0.4, -0.2) is 58.4 Å². The predicted molar refractivity (Wildman–Crippen MR) is 79.0 cm³/mol. The van der Waals surface area contributed by atoms with E-state index in [0.717, 1.165) is 25.7 Å². The minimum atomic E-state index is -0.901. The van der Waals surface area contributed by atoms with Gasteiger partial charge in [-0.1, -0.05) is 12.8 Å². The van der Waals surface area contributed by atoms with Crippen molar-refractivity contribution in [1.29, 1.82) is 0 Å². The van der Waals surface area contributed by atoms with Crippen LogP contribution in [0.5, 0.6) is 0 Å². The number of carbonyl (C=O) groups excluding carboxylic acids is 2. The Morgan fingerprint density at radius 1 is 1.18 bits per heavy atom. The number of piperidine rings is 1. The number of hydrogen-bond acceptors (Lipinski definition) is 3. The Morgan fingerprint density at radius 2 is 1.91 bits per heavy atom. The molecule has 0 unspecified atom stereocenters. The van der Waals surface area contributed by atoms with E-state index in [1.807, 2.05) is 0 Å². The number of aliphatic carboxylic acids is 1. The lowest BCUT2D eigenvalue weighted by molar-refractivity contribution is -0.154. The molecule has 1 aliphatic carbocycles. The van der Waals surface area contributed by atoms with Gasteiger partial charge in [0.1, 0.15) is 6.04 Å². The predicted octanol–water partition coefficient (Wildman–Crippen LogP) is 1.10. The van der Waals surface area contributed by atoms with Crippen LogP contribution in [-0.2, 0) is 14.4 Å². The van der Waals surface area contributed by atoms with Gasteiger partial charge in [0.25, 0.3) is 0 Å². The third-order valence-electron chi connectivity index (χ3n) is 5.64. The summed E-state index contributed by atoms with van der Waals surface area (Å²) in [5.41, 5.74) is 0. The van der Waals surface area contributed by atoms with E-state index in [1.165, 1.54) is 0 Å². The molecule has 0 radical (unpaired) electrons. The number of amides is 2. The summed E-state index contributed by atoms with van der Waals surface area (Å²) in [7, 11) is 1.75. The highest BCUT2D eigenvalue weighted by molar-refractivity contribution is 5.90. The van der Waals surface area contributed by atoms with Gasteiger partial charge < -0.3 is 14.9 Å². The van der Waals surface area contributed by atoms with Crippen molar-refractivity contribution in [3.8, 4) is 0 Å². The molecule has 1 saturated carbocycles. The zero-order valence-electron chi connectivity index (χ0n) is 13.0. The quantitative estimate of drug-likeness (QED) is 0.828. The van der Waals surface area contributed by atoms with Crippen molar-refractivity contribution in [3.63, 3.8) is 0 Å². The minimum absolute atomic E-state index is 0.0177. The van der Waals surface area contributed by atoms with Crippen LogP contribution in [0.1, 0.15) is 44.9 Å². The van der Waals surface area contributed by atoms with Gasteiger partial charge >= 0.3 is 5.97 Å². The van der Waals surface area contributed by atoms with Crippen LogP contribution in [0.3, 0.4) is 0 Å². The summed E-state index contributed by atoms with van der Waals surface area (Å²) < 4.78 is 0. The van der Waals surface area contributed by atoms with Crippen LogP contribution in [0.2, 0.25) is 0 Å². The first-order chi connectivity index (χ1) is 10.5. The minimum Gasteiger partial charge on any atom is -0.480 e. The van der Waals surface area contributed by atoms with Crippen molar-refractivity contribution < 1.29 is 19.5 Å². The lowest BCUT2D eigenvalue weighted by atomic mass is 9.84. The molecule has 0 bridgehead atoms. The normalized spacial score (nSPS) is 35.4. The van der Waals surface area contributed by atoms with Crippen molar-refractivity contribution in [1.82, 2.24) is 9.80 Å². The van der Waals surface area contributed by atoms with Gasteiger partial charge in [-0.25, -0.2) is 4.79 Å². The number of carbonyl (C=O) groups is 3. The lowest BCUT2D eigenvalue weighted by Crippen LogP contribution is -2.51. The average molecular weight is 308 g/mol. The molecular weight excluding hydrogens is 284 g/mol. The van der Waals surface area contributed by atoms with Crippen LogP contribution in [0, 0.1) is 11.8 Å². The van der Waals surface area contributed by atoms with Gasteiger partial charge in [0, 0.05) is 32.0 Å². The summed E-state index contributed by atoms with van der Waals surface area (Å²) >= 11 is 0. The molecule has 6 heteroatoms. The zero-order valence-corrected chi connectivity index (χ0v) is 13.0. The Labute approximate surface area is 130 Å². The topological polar surface area (TPSA) is 77.9 Å². The first kappa shape index (κ1) is 15.3. The molecule has 122 valence electrons. The molecule has 2 amide bonds. The molecule has 4 atom stereocenters. The first-order valence-electron chi connectivity index (χ1n) is 8.28. The first-order valence-corrected chi connectivity index (χ1v) is 8.28. The summed E-state index contributed by atoms with van der Waals surface area (Å²) in [4.78, 5) is 39.6. The number of carboxylic acid groups (broad SMARTS) is 1. The van der Waals surface area contributed by atoms with E-state index in [-0.39, 0.29) is 30.2 Å². The Morgan fingerprint density at radius 3 is 2.59 bits per heavy atom. The fourth-order valence-electron chi connectivity index (χ4n) is 4.36. The molecule has 22 heavy (non-hydrogen) atoms. The van der Waals surface area contributed by atoms with Gasteiger partial charge in [0.2, 0.25) is 11.8 Å². The Balaban J connectivity index is 1.79.